The van der Waals surface area contributed by atoms with Crippen LogP contribution in [0, 0.1) is 0 Å². The smallest absolute Gasteiger partial charge is 0.239 e. The number of hydrogen-bond donors (Lipinski definition) is 2. The summed E-state index contributed by atoms with van der Waals surface area (Å²) in [5.41, 5.74) is 8.75. The van der Waals surface area contributed by atoms with Crippen LogP contribution in [0.4, 0.5) is 0 Å². The normalized spacial score (nSPS) is 16.6. The molecule has 0 unspecified atom stereocenters. The maximum absolute atomic E-state index is 12.8. The van der Waals surface area contributed by atoms with E-state index in [1.165, 1.54) is 17.5 Å². The highest BCUT2D eigenvalue weighted by Crippen LogP contribution is 2.14. The number of carbonyl (C=O) groups is 1. The molecule has 1 saturated heterocycles. The van der Waals surface area contributed by atoms with Gasteiger partial charge in [-0.05, 0) is 55.4 Å². The van der Waals surface area contributed by atoms with Gasteiger partial charge in [-0.2, -0.15) is 0 Å². The Morgan fingerprint density at radius 2 is 1.68 bits per heavy atom. The molecule has 3 N–H and O–H groups in total. The number of benzene rings is 2. The van der Waals surface area contributed by atoms with Gasteiger partial charge in [-0.25, -0.2) is 0 Å². The first-order valence-electron chi connectivity index (χ1n) is 10.2. The zero-order chi connectivity index (χ0) is 19.8. The number of likely N-dealkylation sites (tertiary alicyclic amines) is 1. The number of nitrogens with one attached hydrogen (secondary N) is 1. The summed E-state index contributed by atoms with van der Waals surface area (Å²) in [5, 5.41) is 4.33. The minimum Gasteiger partial charge on any atom is -0.341 e. The second-order valence-corrected chi connectivity index (χ2v) is 8.06. The summed E-state index contributed by atoms with van der Waals surface area (Å²) in [6.45, 7) is 2.40. The first kappa shape index (κ1) is 20.8. The molecule has 2 aromatic carbocycles. The predicted octanol–water partition coefficient (Wildman–Crippen LogP) is 3.77. The van der Waals surface area contributed by atoms with E-state index in [1.54, 1.807) is 0 Å². The molecule has 150 valence electrons. The monoisotopic (exact) mass is 399 g/mol. The fourth-order valence-corrected chi connectivity index (χ4v) is 3.88. The molecule has 0 spiro atoms. The number of halogens is 1. The maximum atomic E-state index is 12.8. The standard InChI is InChI=1S/C23H30ClN3O/c24-20-11-9-19(10-12-20)17-26-21(15-18-7-3-1-4-8-18)16-22(25)23(28)27-13-5-2-6-14-27/h1,3-4,7-12,21-22,26H,2,5-6,13-17,25H2/t21-,22-/m0/s1. The predicted molar refractivity (Wildman–Crippen MR) is 115 cm³/mol. The van der Waals surface area contributed by atoms with Gasteiger partial charge in [0.05, 0.1) is 6.04 Å². The number of amides is 1. The van der Waals surface area contributed by atoms with E-state index in [-0.39, 0.29) is 11.9 Å². The molecule has 1 amide bonds. The average Bonchev–Trinajstić information content (AvgIpc) is 2.74. The van der Waals surface area contributed by atoms with Crippen LogP contribution in [-0.4, -0.2) is 36.0 Å². The zero-order valence-electron chi connectivity index (χ0n) is 16.3. The summed E-state index contributed by atoms with van der Waals surface area (Å²) in [6, 6.07) is 17.9. The van der Waals surface area contributed by atoms with E-state index in [0.29, 0.717) is 6.42 Å². The van der Waals surface area contributed by atoms with E-state index in [9.17, 15) is 4.79 Å². The molecule has 0 radical (unpaired) electrons. The van der Waals surface area contributed by atoms with Crippen molar-refractivity contribution >= 4 is 17.5 Å². The third-order valence-electron chi connectivity index (χ3n) is 5.36. The Morgan fingerprint density at radius 3 is 2.36 bits per heavy atom. The Kier molecular flexibility index (Phi) is 7.90. The SMILES string of the molecule is N[C@@H](C[C@H](Cc1ccccc1)NCc1ccc(Cl)cc1)C(=O)N1CCCCC1. The highest BCUT2D eigenvalue weighted by molar-refractivity contribution is 6.30. The van der Waals surface area contributed by atoms with Crippen molar-refractivity contribution in [2.24, 2.45) is 5.73 Å². The molecule has 3 rings (SSSR count). The second kappa shape index (κ2) is 10.6. The number of piperidine rings is 1. The molecule has 2 aromatic rings. The van der Waals surface area contributed by atoms with Crippen molar-refractivity contribution in [2.75, 3.05) is 13.1 Å². The van der Waals surface area contributed by atoms with Gasteiger partial charge in [0.1, 0.15) is 0 Å². The first-order valence-corrected chi connectivity index (χ1v) is 10.6. The molecule has 4 nitrogen and oxygen atoms in total. The molecule has 28 heavy (non-hydrogen) atoms. The lowest BCUT2D eigenvalue weighted by Gasteiger charge is -2.30. The van der Waals surface area contributed by atoms with Gasteiger partial charge in [-0.15, -0.1) is 0 Å². The topological polar surface area (TPSA) is 58.4 Å². The molecule has 1 fully saturated rings. The van der Waals surface area contributed by atoms with Crippen molar-refractivity contribution in [3.8, 4) is 0 Å². The zero-order valence-corrected chi connectivity index (χ0v) is 17.1. The third-order valence-corrected chi connectivity index (χ3v) is 5.61. The van der Waals surface area contributed by atoms with E-state index in [4.69, 9.17) is 17.3 Å². The Labute approximate surface area is 173 Å². The van der Waals surface area contributed by atoms with E-state index in [0.717, 1.165) is 43.9 Å². The molecule has 1 aliphatic heterocycles. The van der Waals surface area contributed by atoms with Crippen molar-refractivity contribution in [1.29, 1.82) is 0 Å². The van der Waals surface area contributed by atoms with Crippen LogP contribution in [-0.2, 0) is 17.8 Å². The maximum Gasteiger partial charge on any atom is 0.239 e. The summed E-state index contributed by atoms with van der Waals surface area (Å²) in [7, 11) is 0. The minimum absolute atomic E-state index is 0.0889. The van der Waals surface area contributed by atoms with Gasteiger partial charge in [0.2, 0.25) is 5.91 Å². The van der Waals surface area contributed by atoms with Crippen LogP contribution in [0.1, 0.15) is 36.8 Å². The number of carbonyl (C=O) groups excluding carboxylic acids is 1. The van der Waals surface area contributed by atoms with Crippen molar-refractivity contribution in [1.82, 2.24) is 10.2 Å². The molecular weight excluding hydrogens is 370 g/mol. The summed E-state index contributed by atoms with van der Waals surface area (Å²) >= 11 is 5.98. The van der Waals surface area contributed by atoms with Gasteiger partial charge in [-0.1, -0.05) is 54.1 Å². The van der Waals surface area contributed by atoms with Gasteiger partial charge in [0, 0.05) is 30.7 Å². The number of hydrogen-bond acceptors (Lipinski definition) is 3. The Morgan fingerprint density at radius 1 is 1.00 bits per heavy atom. The third kappa shape index (κ3) is 6.33. The molecular formula is C23H30ClN3O. The van der Waals surface area contributed by atoms with E-state index >= 15 is 0 Å². The molecule has 5 heteroatoms. The van der Waals surface area contributed by atoms with Gasteiger partial charge in [0.25, 0.3) is 0 Å². The lowest BCUT2D eigenvalue weighted by atomic mass is 9.98. The van der Waals surface area contributed by atoms with Crippen LogP contribution in [0.2, 0.25) is 5.02 Å². The minimum atomic E-state index is -0.468. The van der Waals surface area contributed by atoms with E-state index in [2.05, 4.69) is 17.4 Å². The summed E-state index contributed by atoms with van der Waals surface area (Å²) in [5.74, 6) is 0.0889. The summed E-state index contributed by atoms with van der Waals surface area (Å²) in [6.07, 6.45) is 4.84. The Hall–Kier alpha value is -1.88. The largest absolute Gasteiger partial charge is 0.341 e. The van der Waals surface area contributed by atoms with E-state index < -0.39 is 6.04 Å². The molecule has 2 atom stereocenters. The number of rotatable bonds is 8. The Balaban J connectivity index is 1.62. The quantitative estimate of drug-likeness (QED) is 0.710. The van der Waals surface area contributed by atoms with Crippen LogP contribution in [0.15, 0.2) is 54.6 Å². The van der Waals surface area contributed by atoms with Crippen molar-refractivity contribution in [3.63, 3.8) is 0 Å². The summed E-state index contributed by atoms with van der Waals surface area (Å²) in [4.78, 5) is 14.7. The van der Waals surface area contributed by atoms with Crippen LogP contribution in [0.25, 0.3) is 0 Å². The first-order chi connectivity index (χ1) is 13.6. The Bertz CT molecular complexity index is 729. The van der Waals surface area contributed by atoms with Crippen LogP contribution in [0.3, 0.4) is 0 Å². The lowest BCUT2D eigenvalue weighted by molar-refractivity contribution is -0.133. The highest BCUT2D eigenvalue weighted by Gasteiger charge is 2.25. The highest BCUT2D eigenvalue weighted by atomic mass is 35.5. The van der Waals surface area contributed by atoms with Gasteiger partial charge in [0.15, 0.2) is 0 Å². The lowest BCUT2D eigenvalue weighted by Crippen LogP contribution is -2.49. The van der Waals surface area contributed by atoms with Gasteiger partial charge >= 0.3 is 0 Å². The van der Waals surface area contributed by atoms with Crippen molar-refractivity contribution in [2.45, 2.75) is 50.7 Å². The average molecular weight is 400 g/mol. The van der Waals surface area contributed by atoms with E-state index in [1.807, 2.05) is 47.4 Å². The van der Waals surface area contributed by atoms with Crippen LogP contribution in [0.5, 0.6) is 0 Å². The molecule has 0 aliphatic carbocycles. The fraction of sp³-hybridized carbons (Fsp3) is 0.435. The summed E-state index contributed by atoms with van der Waals surface area (Å²) < 4.78 is 0. The molecule has 0 saturated carbocycles. The van der Waals surface area contributed by atoms with Gasteiger partial charge in [-0.3, -0.25) is 4.79 Å². The van der Waals surface area contributed by atoms with Crippen molar-refractivity contribution < 1.29 is 4.79 Å². The van der Waals surface area contributed by atoms with Crippen molar-refractivity contribution in [3.05, 3.63) is 70.7 Å². The molecule has 1 heterocycles. The van der Waals surface area contributed by atoms with Gasteiger partial charge < -0.3 is 16.0 Å². The van der Waals surface area contributed by atoms with Crippen LogP contribution >= 0.6 is 11.6 Å². The number of nitrogens with two attached hydrogens (primary N) is 1. The molecule has 0 aromatic heterocycles. The van der Waals surface area contributed by atoms with Crippen LogP contribution < -0.4 is 11.1 Å². The second-order valence-electron chi connectivity index (χ2n) is 7.62. The molecule has 1 aliphatic rings. The molecule has 0 bridgehead atoms. The number of nitrogens with zero attached hydrogens (tertiary/aromatic N) is 1. The fourth-order valence-electron chi connectivity index (χ4n) is 3.76.